The summed E-state index contributed by atoms with van der Waals surface area (Å²) in [5, 5.41) is 0. The van der Waals surface area contributed by atoms with Crippen LogP contribution in [0.25, 0.3) is 0 Å². The van der Waals surface area contributed by atoms with Gasteiger partial charge in [-0.2, -0.15) is 0 Å². The molecule has 0 atom stereocenters. The Hall–Kier alpha value is -1.83. The molecule has 0 aliphatic heterocycles. The van der Waals surface area contributed by atoms with Gasteiger partial charge in [0.1, 0.15) is 0 Å². The second-order valence-corrected chi connectivity index (χ2v) is 4.71. The highest BCUT2D eigenvalue weighted by molar-refractivity contribution is 5.75. The van der Waals surface area contributed by atoms with Crippen LogP contribution in [0.2, 0.25) is 0 Å². The van der Waals surface area contributed by atoms with E-state index in [2.05, 4.69) is 11.8 Å². The van der Waals surface area contributed by atoms with Crippen LogP contribution in [-0.4, -0.2) is 37.6 Å². The summed E-state index contributed by atoms with van der Waals surface area (Å²) < 4.78 is 5.24. The average Bonchev–Trinajstić information content (AvgIpc) is 2.50. The Morgan fingerprint density at radius 1 is 1.38 bits per heavy atom. The molecule has 0 heterocycles. The number of hydrogen-bond donors (Lipinski definition) is 1. The number of nitrogens with two attached hydrogens (primary N) is 1. The first-order valence-electron chi connectivity index (χ1n) is 7.27. The van der Waals surface area contributed by atoms with Gasteiger partial charge in [-0.25, -0.2) is 0 Å². The van der Waals surface area contributed by atoms with Crippen LogP contribution in [0.4, 0.5) is 0 Å². The lowest BCUT2D eigenvalue weighted by molar-refractivity contribution is -0.130. The summed E-state index contributed by atoms with van der Waals surface area (Å²) in [4.78, 5) is 13.8. The lowest BCUT2D eigenvalue weighted by atomic mass is 10.1. The Morgan fingerprint density at radius 2 is 2.14 bits per heavy atom. The number of carbonyl (C=O) groups is 1. The third-order valence-corrected chi connectivity index (χ3v) is 3.06. The van der Waals surface area contributed by atoms with Crippen molar-refractivity contribution in [2.45, 2.75) is 26.3 Å². The van der Waals surface area contributed by atoms with E-state index in [1.165, 1.54) is 0 Å². The van der Waals surface area contributed by atoms with E-state index in [1.807, 2.05) is 38.2 Å². The number of hydrogen-bond acceptors (Lipinski definition) is 3. The smallest absolute Gasteiger partial charge is 0.222 e. The fraction of sp³-hybridized carbons (Fsp3) is 0.471. The van der Waals surface area contributed by atoms with Crippen molar-refractivity contribution in [2.75, 3.05) is 26.8 Å². The molecule has 0 saturated heterocycles. The Kier molecular flexibility index (Phi) is 8.18. The SMILES string of the molecule is CCOCCCC(=O)N(C)Cc1ccccc1C#CCN. The summed E-state index contributed by atoms with van der Waals surface area (Å²) in [6.07, 6.45) is 1.26. The fourth-order valence-electron chi connectivity index (χ4n) is 1.93. The van der Waals surface area contributed by atoms with E-state index >= 15 is 0 Å². The Morgan fingerprint density at radius 3 is 2.86 bits per heavy atom. The minimum Gasteiger partial charge on any atom is -0.382 e. The quantitative estimate of drug-likeness (QED) is 0.614. The number of benzene rings is 1. The zero-order chi connectivity index (χ0) is 15.5. The molecule has 114 valence electrons. The third-order valence-electron chi connectivity index (χ3n) is 3.06. The van der Waals surface area contributed by atoms with E-state index in [0.29, 0.717) is 32.7 Å². The maximum absolute atomic E-state index is 12.1. The van der Waals surface area contributed by atoms with Crippen LogP contribution in [0.15, 0.2) is 24.3 Å². The van der Waals surface area contributed by atoms with Gasteiger partial charge in [0.25, 0.3) is 0 Å². The summed E-state index contributed by atoms with van der Waals surface area (Å²) in [6.45, 7) is 4.17. The van der Waals surface area contributed by atoms with Gasteiger partial charge in [-0.05, 0) is 25.0 Å². The molecule has 4 heteroatoms. The summed E-state index contributed by atoms with van der Waals surface area (Å²) in [6, 6.07) is 7.83. The largest absolute Gasteiger partial charge is 0.382 e. The summed E-state index contributed by atoms with van der Waals surface area (Å²) in [7, 11) is 1.82. The molecule has 0 saturated carbocycles. The Bertz CT molecular complexity index is 503. The van der Waals surface area contributed by atoms with Crippen LogP contribution >= 0.6 is 0 Å². The second kappa shape index (κ2) is 9.98. The van der Waals surface area contributed by atoms with Gasteiger partial charge in [0.2, 0.25) is 5.91 Å². The first-order valence-corrected chi connectivity index (χ1v) is 7.27. The molecule has 0 unspecified atom stereocenters. The summed E-state index contributed by atoms with van der Waals surface area (Å²) >= 11 is 0. The molecule has 0 fully saturated rings. The molecule has 1 rings (SSSR count). The molecule has 0 aromatic heterocycles. The van der Waals surface area contributed by atoms with Crippen LogP contribution in [0, 0.1) is 11.8 Å². The molecular weight excluding hydrogens is 264 g/mol. The predicted octanol–water partition coefficient (Wildman–Crippen LogP) is 1.77. The van der Waals surface area contributed by atoms with Crippen LogP contribution in [0.1, 0.15) is 30.9 Å². The zero-order valence-electron chi connectivity index (χ0n) is 12.9. The van der Waals surface area contributed by atoms with Crippen molar-refractivity contribution in [1.29, 1.82) is 0 Å². The van der Waals surface area contributed by atoms with Gasteiger partial charge in [0.15, 0.2) is 0 Å². The van der Waals surface area contributed by atoms with Crippen LogP contribution in [-0.2, 0) is 16.1 Å². The topological polar surface area (TPSA) is 55.6 Å². The van der Waals surface area contributed by atoms with E-state index in [4.69, 9.17) is 10.5 Å². The third kappa shape index (κ3) is 6.44. The molecule has 1 aromatic rings. The molecule has 0 radical (unpaired) electrons. The average molecular weight is 288 g/mol. The Balaban J connectivity index is 2.57. The molecule has 0 aliphatic rings. The fourth-order valence-corrected chi connectivity index (χ4v) is 1.93. The standard InChI is InChI=1S/C17H24N2O2/c1-3-21-13-7-11-17(20)19(2)14-16-9-5-4-8-15(16)10-6-12-18/h4-5,8-9H,3,7,11-14,18H2,1-2H3. The van der Waals surface area contributed by atoms with Crippen molar-refractivity contribution in [3.8, 4) is 11.8 Å². The van der Waals surface area contributed by atoms with Crippen molar-refractivity contribution >= 4 is 5.91 Å². The van der Waals surface area contributed by atoms with Crippen molar-refractivity contribution in [2.24, 2.45) is 5.73 Å². The first-order chi connectivity index (χ1) is 10.2. The number of amides is 1. The predicted molar refractivity (Wildman–Crippen MR) is 84.6 cm³/mol. The number of nitrogens with zero attached hydrogens (tertiary/aromatic N) is 1. The van der Waals surface area contributed by atoms with E-state index in [-0.39, 0.29) is 5.91 Å². The molecule has 0 aliphatic carbocycles. The molecule has 2 N–H and O–H groups in total. The van der Waals surface area contributed by atoms with E-state index < -0.39 is 0 Å². The highest BCUT2D eigenvalue weighted by atomic mass is 16.5. The number of carbonyl (C=O) groups excluding carboxylic acids is 1. The van der Waals surface area contributed by atoms with E-state index in [0.717, 1.165) is 17.5 Å². The van der Waals surface area contributed by atoms with E-state index in [1.54, 1.807) is 4.90 Å². The number of rotatable bonds is 7. The maximum Gasteiger partial charge on any atom is 0.222 e. The minimum absolute atomic E-state index is 0.122. The number of ether oxygens (including phenoxy) is 1. The monoisotopic (exact) mass is 288 g/mol. The van der Waals surface area contributed by atoms with Gasteiger partial charge in [0, 0.05) is 38.8 Å². The van der Waals surface area contributed by atoms with Crippen molar-refractivity contribution in [3.63, 3.8) is 0 Å². The van der Waals surface area contributed by atoms with Crippen LogP contribution in [0.3, 0.4) is 0 Å². The van der Waals surface area contributed by atoms with Crippen LogP contribution in [0.5, 0.6) is 0 Å². The van der Waals surface area contributed by atoms with Gasteiger partial charge in [-0.1, -0.05) is 30.0 Å². The molecule has 0 bridgehead atoms. The molecule has 4 nitrogen and oxygen atoms in total. The van der Waals surface area contributed by atoms with Crippen molar-refractivity contribution < 1.29 is 9.53 Å². The second-order valence-electron chi connectivity index (χ2n) is 4.71. The zero-order valence-corrected chi connectivity index (χ0v) is 12.9. The summed E-state index contributed by atoms with van der Waals surface area (Å²) in [5.41, 5.74) is 7.37. The summed E-state index contributed by atoms with van der Waals surface area (Å²) in [5.74, 6) is 6.02. The highest BCUT2D eigenvalue weighted by Crippen LogP contribution is 2.11. The van der Waals surface area contributed by atoms with Crippen molar-refractivity contribution in [1.82, 2.24) is 4.90 Å². The van der Waals surface area contributed by atoms with Gasteiger partial charge in [-0.15, -0.1) is 0 Å². The Labute approximate surface area is 127 Å². The molecular formula is C17H24N2O2. The first kappa shape index (κ1) is 17.2. The van der Waals surface area contributed by atoms with Crippen LogP contribution < -0.4 is 5.73 Å². The van der Waals surface area contributed by atoms with Gasteiger partial charge in [0.05, 0.1) is 6.54 Å². The molecule has 0 spiro atoms. The lowest BCUT2D eigenvalue weighted by Crippen LogP contribution is -2.26. The van der Waals surface area contributed by atoms with Gasteiger partial charge < -0.3 is 15.4 Å². The lowest BCUT2D eigenvalue weighted by Gasteiger charge is -2.18. The molecule has 1 aromatic carbocycles. The molecule has 21 heavy (non-hydrogen) atoms. The van der Waals surface area contributed by atoms with Crippen molar-refractivity contribution in [3.05, 3.63) is 35.4 Å². The molecule has 1 amide bonds. The normalized spacial score (nSPS) is 9.86. The minimum atomic E-state index is 0.122. The van der Waals surface area contributed by atoms with Gasteiger partial charge >= 0.3 is 0 Å². The maximum atomic E-state index is 12.1. The highest BCUT2D eigenvalue weighted by Gasteiger charge is 2.10. The van der Waals surface area contributed by atoms with Gasteiger partial charge in [-0.3, -0.25) is 4.79 Å². The van der Waals surface area contributed by atoms with E-state index in [9.17, 15) is 4.79 Å².